The van der Waals surface area contributed by atoms with E-state index in [4.69, 9.17) is 0 Å². The zero-order chi connectivity index (χ0) is 15.0. The van der Waals surface area contributed by atoms with E-state index in [0.29, 0.717) is 5.69 Å². The fraction of sp³-hybridized carbons (Fsp3) is 0. The van der Waals surface area contributed by atoms with E-state index in [1.165, 1.54) is 0 Å². The average Bonchev–Trinajstić information content (AvgIpc) is 2.84. The standard InChI is InChI=1S/C11H9N5O4S/c17-8-6-9(18)16-10(12-8)13-11(14-16)21(19,20)15-7-4-2-1-3-5-7/h1-6,15,18H,(H,12,13,14,17). The Bertz CT molecular complexity index is 961. The number of hydrogen-bond acceptors (Lipinski definition) is 6. The number of hydrogen-bond donors (Lipinski definition) is 3. The van der Waals surface area contributed by atoms with Gasteiger partial charge in [0.1, 0.15) is 0 Å². The third-order valence-corrected chi connectivity index (χ3v) is 3.72. The van der Waals surface area contributed by atoms with Gasteiger partial charge in [-0.25, -0.2) is 0 Å². The van der Waals surface area contributed by atoms with Crippen molar-refractivity contribution in [2.75, 3.05) is 4.72 Å². The minimum absolute atomic E-state index is 0.173. The second-order valence-electron chi connectivity index (χ2n) is 4.09. The van der Waals surface area contributed by atoms with Gasteiger partial charge in [0.05, 0.1) is 6.07 Å². The van der Waals surface area contributed by atoms with Gasteiger partial charge in [0.15, 0.2) is 0 Å². The molecule has 2 aromatic heterocycles. The van der Waals surface area contributed by atoms with Crippen molar-refractivity contribution in [2.24, 2.45) is 0 Å². The molecule has 0 unspecified atom stereocenters. The van der Waals surface area contributed by atoms with Crippen molar-refractivity contribution in [1.29, 1.82) is 0 Å². The Labute approximate surface area is 118 Å². The molecule has 0 aliphatic carbocycles. The van der Waals surface area contributed by atoms with Crippen LogP contribution < -0.4 is 10.3 Å². The Morgan fingerprint density at radius 3 is 2.67 bits per heavy atom. The molecule has 21 heavy (non-hydrogen) atoms. The van der Waals surface area contributed by atoms with Crippen LogP contribution in [0.3, 0.4) is 0 Å². The predicted molar refractivity (Wildman–Crippen MR) is 72.5 cm³/mol. The molecular weight excluding hydrogens is 298 g/mol. The van der Waals surface area contributed by atoms with Gasteiger partial charge in [-0.3, -0.25) is 14.5 Å². The van der Waals surface area contributed by atoms with E-state index in [-0.39, 0.29) is 5.78 Å². The van der Waals surface area contributed by atoms with Crippen molar-refractivity contribution in [3.05, 3.63) is 46.8 Å². The van der Waals surface area contributed by atoms with E-state index >= 15 is 0 Å². The van der Waals surface area contributed by atoms with Gasteiger partial charge in [-0.05, 0) is 12.1 Å². The van der Waals surface area contributed by atoms with Crippen LogP contribution in [0.2, 0.25) is 0 Å². The van der Waals surface area contributed by atoms with Crippen molar-refractivity contribution in [3.8, 4) is 5.88 Å². The minimum atomic E-state index is -4.03. The number of sulfonamides is 1. The monoisotopic (exact) mass is 307 g/mol. The fourth-order valence-corrected chi connectivity index (χ4v) is 2.61. The molecule has 9 nitrogen and oxygen atoms in total. The number of nitrogens with zero attached hydrogens (tertiary/aromatic N) is 3. The molecule has 0 saturated carbocycles. The number of aromatic amines is 1. The molecule has 0 amide bonds. The first kappa shape index (κ1) is 13.1. The highest BCUT2D eigenvalue weighted by Gasteiger charge is 2.22. The number of H-pyrrole nitrogens is 1. The Kier molecular flexibility index (Phi) is 2.87. The summed E-state index contributed by atoms with van der Waals surface area (Å²) >= 11 is 0. The van der Waals surface area contributed by atoms with Gasteiger partial charge in [-0.2, -0.15) is 17.9 Å². The van der Waals surface area contributed by atoms with Gasteiger partial charge in [-0.15, -0.1) is 5.10 Å². The van der Waals surface area contributed by atoms with Crippen LogP contribution >= 0.6 is 0 Å². The van der Waals surface area contributed by atoms with E-state index < -0.39 is 26.6 Å². The molecule has 0 aliphatic rings. The summed E-state index contributed by atoms with van der Waals surface area (Å²) in [7, 11) is -4.03. The van der Waals surface area contributed by atoms with Gasteiger partial charge >= 0.3 is 0 Å². The summed E-state index contributed by atoms with van der Waals surface area (Å²) in [5.74, 6) is -0.684. The number of para-hydroxylation sites is 1. The van der Waals surface area contributed by atoms with Crippen molar-refractivity contribution in [1.82, 2.24) is 19.6 Å². The summed E-state index contributed by atoms with van der Waals surface area (Å²) in [6.07, 6.45) is 0. The van der Waals surface area contributed by atoms with Crippen LogP contribution in [0, 0.1) is 0 Å². The first-order valence-electron chi connectivity index (χ1n) is 5.73. The van der Waals surface area contributed by atoms with Crippen molar-refractivity contribution in [2.45, 2.75) is 5.16 Å². The Morgan fingerprint density at radius 2 is 1.95 bits per heavy atom. The fourth-order valence-electron chi connectivity index (χ4n) is 1.68. The molecule has 10 heteroatoms. The molecule has 0 bridgehead atoms. The molecule has 3 aromatic rings. The first-order chi connectivity index (χ1) is 9.95. The number of benzene rings is 1. The molecule has 3 rings (SSSR count). The molecule has 0 radical (unpaired) electrons. The van der Waals surface area contributed by atoms with Crippen LogP contribution in [0.15, 0.2) is 46.3 Å². The number of aromatic nitrogens is 4. The highest BCUT2D eigenvalue weighted by atomic mass is 32.2. The zero-order valence-electron chi connectivity index (χ0n) is 10.4. The van der Waals surface area contributed by atoms with Crippen LogP contribution in [0.5, 0.6) is 5.88 Å². The quantitative estimate of drug-likeness (QED) is 0.621. The van der Waals surface area contributed by atoms with Crippen LogP contribution in [-0.2, 0) is 10.0 Å². The number of nitrogens with one attached hydrogen (secondary N) is 2. The SMILES string of the molecule is O=c1cc(O)n2nc(S(=O)(=O)Nc3ccccc3)nc2[nH]1. The van der Waals surface area contributed by atoms with Gasteiger partial charge in [0, 0.05) is 5.69 Å². The van der Waals surface area contributed by atoms with Gasteiger partial charge in [0.25, 0.3) is 20.7 Å². The van der Waals surface area contributed by atoms with E-state index in [1.807, 2.05) is 0 Å². The highest BCUT2D eigenvalue weighted by molar-refractivity contribution is 7.92. The van der Waals surface area contributed by atoms with Crippen molar-refractivity contribution >= 4 is 21.5 Å². The van der Waals surface area contributed by atoms with Gasteiger partial charge in [0.2, 0.25) is 11.7 Å². The molecule has 0 aliphatic heterocycles. The van der Waals surface area contributed by atoms with Crippen molar-refractivity contribution < 1.29 is 13.5 Å². The maximum absolute atomic E-state index is 12.1. The number of anilines is 1. The maximum Gasteiger partial charge on any atom is 0.299 e. The van der Waals surface area contributed by atoms with E-state index in [2.05, 4.69) is 19.8 Å². The molecule has 0 spiro atoms. The number of aromatic hydroxyl groups is 1. The Balaban J connectivity index is 2.07. The van der Waals surface area contributed by atoms with Crippen LogP contribution in [0.25, 0.3) is 5.78 Å². The second-order valence-corrected chi connectivity index (χ2v) is 5.67. The summed E-state index contributed by atoms with van der Waals surface area (Å²) in [6, 6.07) is 9.06. The molecule has 2 heterocycles. The van der Waals surface area contributed by atoms with Gasteiger partial charge in [-0.1, -0.05) is 18.2 Å². The predicted octanol–water partition coefficient (Wildman–Crippen LogP) is -0.0760. The third kappa shape index (κ3) is 2.43. The topological polar surface area (TPSA) is 129 Å². The summed E-state index contributed by atoms with van der Waals surface area (Å²) in [6.45, 7) is 0. The van der Waals surface area contributed by atoms with Gasteiger partial charge < -0.3 is 5.11 Å². The van der Waals surface area contributed by atoms with Crippen molar-refractivity contribution in [3.63, 3.8) is 0 Å². The minimum Gasteiger partial charge on any atom is -0.493 e. The maximum atomic E-state index is 12.1. The summed E-state index contributed by atoms with van der Waals surface area (Å²) < 4.78 is 27.4. The van der Waals surface area contributed by atoms with Crippen LogP contribution in [-0.4, -0.2) is 33.1 Å². The molecule has 0 saturated heterocycles. The zero-order valence-corrected chi connectivity index (χ0v) is 11.2. The highest BCUT2D eigenvalue weighted by Crippen LogP contribution is 2.14. The number of fused-ring (bicyclic) bond motifs is 1. The van der Waals surface area contributed by atoms with E-state index in [0.717, 1.165) is 10.6 Å². The van der Waals surface area contributed by atoms with Crippen LogP contribution in [0.4, 0.5) is 5.69 Å². The normalized spacial score (nSPS) is 11.6. The summed E-state index contributed by atoms with van der Waals surface area (Å²) in [4.78, 5) is 17.1. The lowest BCUT2D eigenvalue weighted by molar-refractivity contribution is 0.432. The third-order valence-electron chi connectivity index (χ3n) is 2.57. The van der Waals surface area contributed by atoms with E-state index in [1.54, 1.807) is 30.3 Å². The van der Waals surface area contributed by atoms with E-state index in [9.17, 15) is 18.3 Å². The molecule has 0 atom stereocenters. The second kappa shape index (κ2) is 4.59. The summed E-state index contributed by atoms with van der Waals surface area (Å²) in [5.41, 5.74) is -0.276. The number of rotatable bonds is 3. The Morgan fingerprint density at radius 1 is 1.24 bits per heavy atom. The van der Waals surface area contributed by atoms with Crippen LogP contribution in [0.1, 0.15) is 0 Å². The largest absolute Gasteiger partial charge is 0.493 e. The first-order valence-corrected chi connectivity index (χ1v) is 7.21. The smallest absolute Gasteiger partial charge is 0.299 e. The molecule has 0 fully saturated rings. The molecule has 1 aromatic carbocycles. The lowest BCUT2D eigenvalue weighted by atomic mass is 10.3. The molecular formula is C11H9N5O4S. The lowest BCUT2D eigenvalue weighted by Crippen LogP contribution is -2.14. The molecule has 3 N–H and O–H groups in total. The lowest BCUT2D eigenvalue weighted by Gasteiger charge is -2.03. The Hall–Kier alpha value is -2.88. The molecule has 108 valence electrons. The summed E-state index contributed by atoms with van der Waals surface area (Å²) in [5, 5.41) is 12.6. The average molecular weight is 307 g/mol.